The first-order valence-electron chi connectivity index (χ1n) is 5.14. The summed E-state index contributed by atoms with van der Waals surface area (Å²) < 4.78 is 6.54. The molecule has 80 valence electrons. The second kappa shape index (κ2) is 4.35. The highest BCUT2D eigenvalue weighted by Gasteiger charge is 2.19. The van der Waals surface area contributed by atoms with Crippen LogP contribution in [0.1, 0.15) is 36.5 Å². The van der Waals surface area contributed by atoms with Crippen molar-refractivity contribution >= 4 is 21.7 Å². The van der Waals surface area contributed by atoms with Gasteiger partial charge < -0.3 is 4.74 Å². The van der Waals surface area contributed by atoms with Gasteiger partial charge in [0.15, 0.2) is 5.78 Å². The maximum atomic E-state index is 11.2. The van der Waals surface area contributed by atoms with Gasteiger partial charge in [0.1, 0.15) is 5.75 Å². The number of carbonyl (C=O) groups is 1. The number of benzene rings is 1. The summed E-state index contributed by atoms with van der Waals surface area (Å²) in [6.45, 7) is 1.56. The maximum Gasteiger partial charge on any atom is 0.160 e. The van der Waals surface area contributed by atoms with Gasteiger partial charge >= 0.3 is 0 Å². The van der Waals surface area contributed by atoms with Gasteiger partial charge in [-0.15, -0.1) is 0 Å². The lowest BCUT2D eigenvalue weighted by Crippen LogP contribution is -2.24. The van der Waals surface area contributed by atoms with Crippen molar-refractivity contribution in [2.45, 2.75) is 32.3 Å². The van der Waals surface area contributed by atoms with Gasteiger partial charge in [-0.3, -0.25) is 4.79 Å². The highest BCUT2D eigenvalue weighted by Crippen LogP contribution is 2.28. The molecule has 0 atom stereocenters. The number of rotatable bonds is 3. The molecular weight excluding hydrogens is 256 g/mol. The van der Waals surface area contributed by atoms with Crippen molar-refractivity contribution in [2.24, 2.45) is 0 Å². The van der Waals surface area contributed by atoms with Gasteiger partial charge in [-0.2, -0.15) is 0 Å². The van der Waals surface area contributed by atoms with E-state index in [4.69, 9.17) is 4.74 Å². The fourth-order valence-corrected chi connectivity index (χ4v) is 2.17. The second-order valence-electron chi connectivity index (χ2n) is 3.87. The van der Waals surface area contributed by atoms with Crippen molar-refractivity contribution in [1.29, 1.82) is 0 Å². The van der Waals surface area contributed by atoms with Gasteiger partial charge in [0.05, 0.1) is 6.10 Å². The molecule has 0 heterocycles. The van der Waals surface area contributed by atoms with Gasteiger partial charge in [-0.1, -0.05) is 0 Å². The Morgan fingerprint density at radius 2 is 2.20 bits per heavy atom. The third-order valence-corrected chi connectivity index (χ3v) is 3.33. The Morgan fingerprint density at radius 1 is 1.47 bits per heavy atom. The van der Waals surface area contributed by atoms with E-state index in [2.05, 4.69) is 15.9 Å². The molecule has 15 heavy (non-hydrogen) atoms. The summed E-state index contributed by atoms with van der Waals surface area (Å²) in [6.07, 6.45) is 3.93. The quantitative estimate of drug-likeness (QED) is 0.784. The lowest BCUT2D eigenvalue weighted by atomic mass is 9.96. The standard InChI is InChI=1S/C12H13BrO2/c1-8(14)11-6-5-10(7-12(11)13)15-9-3-2-4-9/h5-7,9H,2-4H2,1H3. The lowest BCUT2D eigenvalue weighted by Gasteiger charge is -2.26. The van der Waals surface area contributed by atoms with Crippen molar-refractivity contribution in [2.75, 3.05) is 0 Å². The van der Waals surface area contributed by atoms with Crippen LogP contribution < -0.4 is 4.74 Å². The zero-order valence-electron chi connectivity index (χ0n) is 8.63. The molecule has 0 aliphatic heterocycles. The van der Waals surface area contributed by atoms with Gasteiger partial charge in [-0.25, -0.2) is 0 Å². The van der Waals surface area contributed by atoms with Crippen LogP contribution in [0, 0.1) is 0 Å². The molecule has 0 saturated heterocycles. The third-order valence-electron chi connectivity index (χ3n) is 2.67. The van der Waals surface area contributed by atoms with E-state index < -0.39 is 0 Å². The summed E-state index contributed by atoms with van der Waals surface area (Å²) in [5, 5.41) is 0. The smallest absolute Gasteiger partial charge is 0.160 e. The molecule has 1 fully saturated rings. The molecule has 0 radical (unpaired) electrons. The van der Waals surface area contributed by atoms with Crippen LogP contribution in [0.15, 0.2) is 22.7 Å². The predicted molar refractivity (Wildman–Crippen MR) is 62.4 cm³/mol. The van der Waals surface area contributed by atoms with E-state index in [1.165, 1.54) is 6.42 Å². The van der Waals surface area contributed by atoms with Crippen molar-refractivity contribution in [3.05, 3.63) is 28.2 Å². The molecule has 2 rings (SSSR count). The van der Waals surface area contributed by atoms with Crippen LogP contribution >= 0.6 is 15.9 Å². The Labute approximate surface area is 97.8 Å². The van der Waals surface area contributed by atoms with E-state index in [0.717, 1.165) is 23.1 Å². The molecule has 3 heteroatoms. The van der Waals surface area contributed by atoms with Crippen molar-refractivity contribution in [3.8, 4) is 5.75 Å². The number of hydrogen-bond donors (Lipinski definition) is 0. The van der Waals surface area contributed by atoms with Crippen LogP contribution in [0.4, 0.5) is 0 Å². The molecule has 1 aliphatic rings. The molecule has 0 bridgehead atoms. The van der Waals surface area contributed by atoms with E-state index in [1.54, 1.807) is 13.0 Å². The van der Waals surface area contributed by atoms with Crippen LogP contribution in [0.3, 0.4) is 0 Å². The van der Waals surface area contributed by atoms with E-state index in [1.807, 2.05) is 12.1 Å². The molecule has 1 aliphatic carbocycles. The molecule has 0 amide bonds. The molecule has 0 spiro atoms. The van der Waals surface area contributed by atoms with Crippen molar-refractivity contribution in [1.82, 2.24) is 0 Å². The van der Waals surface area contributed by atoms with Crippen LogP contribution in [0.2, 0.25) is 0 Å². The minimum absolute atomic E-state index is 0.0667. The number of ether oxygens (including phenoxy) is 1. The number of halogens is 1. The number of carbonyl (C=O) groups excluding carboxylic acids is 1. The van der Waals surface area contributed by atoms with Crippen LogP contribution in [-0.2, 0) is 0 Å². The average Bonchev–Trinajstić information content (AvgIpc) is 2.11. The molecular formula is C12H13BrO2. The molecule has 0 unspecified atom stereocenters. The van der Waals surface area contributed by atoms with E-state index in [9.17, 15) is 4.79 Å². The number of Topliss-reactive ketones (excluding diaryl/α,β-unsaturated/α-hetero) is 1. The zero-order valence-corrected chi connectivity index (χ0v) is 10.2. The van der Waals surface area contributed by atoms with E-state index in [-0.39, 0.29) is 5.78 Å². The van der Waals surface area contributed by atoms with Crippen LogP contribution in [-0.4, -0.2) is 11.9 Å². The maximum absolute atomic E-state index is 11.2. The van der Waals surface area contributed by atoms with E-state index >= 15 is 0 Å². The highest BCUT2D eigenvalue weighted by atomic mass is 79.9. The summed E-state index contributed by atoms with van der Waals surface area (Å²) >= 11 is 3.38. The Hall–Kier alpha value is -0.830. The summed E-state index contributed by atoms with van der Waals surface area (Å²) in [7, 11) is 0. The van der Waals surface area contributed by atoms with Gasteiger partial charge in [0, 0.05) is 10.0 Å². The lowest BCUT2D eigenvalue weighted by molar-refractivity contribution is 0.101. The summed E-state index contributed by atoms with van der Waals surface area (Å²) in [6, 6.07) is 5.54. The molecule has 2 nitrogen and oxygen atoms in total. The monoisotopic (exact) mass is 268 g/mol. The Balaban J connectivity index is 2.13. The molecule has 0 N–H and O–H groups in total. The normalized spacial score (nSPS) is 15.9. The molecule has 1 aromatic carbocycles. The Morgan fingerprint density at radius 3 is 2.67 bits per heavy atom. The van der Waals surface area contributed by atoms with Crippen LogP contribution in [0.5, 0.6) is 5.75 Å². The zero-order chi connectivity index (χ0) is 10.8. The summed E-state index contributed by atoms with van der Waals surface area (Å²) in [5.74, 6) is 0.911. The minimum Gasteiger partial charge on any atom is -0.490 e. The van der Waals surface area contributed by atoms with Gasteiger partial charge in [-0.05, 0) is 60.3 Å². The van der Waals surface area contributed by atoms with Crippen molar-refractivity contribution < 1.29 is 9.53 Å². The first-order valence-corrected chi connectivity index (χ1v) is 5.93. The number of hydrogen-bond acceptors (Lipinski definition) is 2. The minimum atomic E-state index is 0.0667. The first kappa shape index (κ1) is 10.7. The summed E-state index contributed by atoms with van der Waals surface area (Å²) in [4.78, 5) is 11.2. The fraction of sp³-hybridized carbons (Fsp3) is 0.417. The first-order chi connectivity index (χ1) is 7.16. The second-order valence-corrected chi connectivity index (χ2v) is 4.72. The fourth-order valence-electron chi connectivity index (χ4n) is 1.54. The summed E-state index contributed by atoms with van der Waals surface area (Å²) in [5.41, 5.74) is 0.705. The van der Waals surface area contributed by atoms with Gasteiger partial charge in [0.2, 0.25) is 0 Å². The van der Waals surface area contributed by atoms with Crippen LogP contribution in [0.25, 0.3) is 0 Å². The molecule has 0 aromatic heterocycles. The molecule has 1 aromatic rings. The third kappa shape index (κ3) is 2.40. The Kier molecular flexibility index (Phi) is 3.10. The van der Waals surface area contributed by atoms with Crippen molar-refractivity contribution in [3.63, 3.8) is 0 Å². The SMILES string of the molecule is CC(=O)c1ccc(OC2CCC2)cc1Br. The predicted octanol–water partition coefficient (Wildman–Crippen LogP) is 3.58. The number of ketones is 1. The largest absolute Gasteiger partial charge is 0.490 e. The van der Waals surface area contributed by atoms with E-state index in [0.29, 0.717) is 11.7 Å². The Bertz CT molecular complexity index is 383. The highest BCUT2D eigenvalue weighted by molar-refractivity contribution is 9.10. The average molecular weight is 269 g/mol. The topological polar surface area (TPSA) is 26.3 Å². The molecule has 1 saturated carbocycles. The van der Waals surface area contributed by atoms with Gasteiger partial charge in [0.25, 0.3) is 0 Å².